The van der Waals surface area contributed by atoms with Gasteiger partial charge in [-0.3, -0.25) is 9.78 Å². The minimum Gasteiger partial charge on any atom is -0.288 e. The van der Waals surface area contributed by atoms with Crippen molar-refractivity contribution < 1.29 is 4.79 Å². The van der Waals surface area contributed by atoms with Gasteiger partial charge in [-0.25, -0.2) is 0 Å². The molecule has 0 aliphatic heterocycles. The van der Waals surface area contributed by atoms with Gasteiger partial charge >= 0.3 is 0 Å². The second-order valence-corrected chi connectivity index (χ2v) is 4.93. The Morgan fingerprint density at radius 2 is 2.06 bits per heavy atom. The third-order valence-electron chi connectivity index (χ3n) is 2.46. The van der Waals surface area contributed by atoms with Gasteiger partial charge in [-0.05, 0) is 52.7 Å². The van der Waals surface area contributed by atoms with Crippen molar-refractivity contribution >= 4 is 33.3 Å². The number of carbonyl (C=O) groups excluding carboxylic acids is 1. The number of halogens is 2. The number of benzene rings is 1. The zero-order valence-corrected chi connectivity index (χ0v) is 11.4. The fraction of sp³-hybridized carbons (Fsp3) is 0.0769. The van der Waals surface area contributed by atoms with E-state index >= 15 is 0 Å². The number of ketones is 1. The van der Waals surface area contributed by atoms with E-state index in [1.54, 1.807) is 30.6 Å². The number of pyridine rings is 1. The van der Waals surface area contributed by atoms with E-state index in [0.29, 0.717) is 20.6 Å². The molecular formula is C13H9BrClNO. The highest BCUT2D eigenvalue weighted by molar-refractivity contribution is 9.10. The largest absolute Gasteiger partial charge is 0.288 e. The van der Waals surface area contributed by atoms with E-state index in [0.717, 1.165) is 5.56 Å². The Kier molecular flexibility index (Phi) is 3.60. The second kappa shape index (κ2) is 4.98. The Morgan fingerprint density at radius 3 is 2.71 bits per heavy atom. The smallest absolute Gasteiger partial charge is 0.195 e. The topological polar surface area (TPSA) is 30.0 Å². The summed E-state index contributed by atoms with van der Waals surface area (Å²) in [5, 5.41) is 0.594. The number of aromatic nitrogens is 1. The maximum absolute atomic E-state index is 12.3. The fourth-order valence-corrected chi connectivity index (χ4v) is 2.38. The first-order chi connectivity index (χ1) is 8.09. The van der Waals surface area contributed by atoms with Gasteiger partial charge in [0, 0.05) is 33.0 Å². The summed E-state index contributed by atoms with van der Waals surface area (Å²) in [4.78, 5) is 16.3. The summed E-state index contributed by atoms with van der Waals surface area (Å²) in [7, 11) is 0. The summed E-state index contributed by atoms with van der Waals surface area (Å²) in [6.07, 6.45) is 3.25. The molecule has 0 fully saturated rings. The zero-order chi connectivity index (χ0) is 12.4. The predicted octanol–water partition coefficient (Wildman–Crippen LogP) is 4.04. The zero-order valence-electron chi connectivity index (χ0n) is 9.08. The Balaban J connectivity index is 2.48. The summed E-state index contributed by atoms with van der Waals surface area (Å²) in [6, 6.07) is 6.93. The lowest BCUT2D eigenvalue weighted by atomic mass is 10.0. The maximum Gasteiger partial charge on any atom is 0.195 e. The van der Waals surface area contributed by atoms with Crippen LogP contribution in [0.1, 0.15) is 21.5 Å². The molecule has 0 aliphatic rings. The molecule has 2 rings (SSSR count). The van der Waals surface area contributed by atoms with Gasteiger partial charge in [-0.15, -0.1) is 0 Å². The van der Waals surface area contributed by atoms with Gasteiger partial charge in [0.25, 0.3) is 0 Å². The monoisotopic (exact) mass is 309 g/mol. The Hall–Kier alpha value is -1.19. The van der Waals surface area contributed by atoms with E-state index in [1.165, 1.54) is 0 Å². The highest BCUT2D eigenvalue weighted by atomic mass is 79.9. The first-order valence-corrected chi connectivity index (χ1v) is 6.17. The van der Waals surface area contributed by atoms with Gasteiger partial charge < -0.3 is 0 Å². The van der Waals surface area contributed by atoms with Crippen LogP contribution in [0.3, 0.4) is 0 Å². The average molecular weight is 311 g/mol. The third-order valence-corrected chi connectivity index (χ3v) is 3.35. The van der Waals surface area contributed by atoms with Gasteiger partial charge in [0.15, 0.2) is 5.78 Å². The number of aryl methyl sites for hydroxylation is 1. The van der Waals surface area contributed by atoms with Crippen molar-refractivity contribution in [3.05, 3.63) is 62.8 Å². The standard InChI is InChI=1S/C13H9BrClNO/c1-8-4-5-16-7-11(8)13(17)10-3-2-9(15)6-12(10)14/h2-7H,1H3. The van der Waals surface area contributed by atoms with Crippen LogP contribution in [0, 0.1) is 6.92 Å². The van der Waals surface area contributed by atoms with Crippen molar-refractivity contribution in [3.8, 4) is 0 Å². The van der Waals surface area contributed by atoms with Gasteiger partial charge in [-0.2, -0.15) is 0 Å². The number of hydrogen-bond acceptors (Lipinski definition) is 2. The molecule has 4 heteroatoms. The van der Waals surface area contributed by atoms with E-state index in [4.69, 9.17) is 11.6 Å². The van der Waals surface area contributed by atoms with Crippen LogP contribution in [-0.2, 0) is 0 Å². The number of rotatable bonds is 2. The number of hydrogen-bond donors (Lipinski definition) is 0. The van der Waals surface area contributed by atoms with Crippen molar-refractivity contribution in [2.75, 3.05) is 0 Å². The summed E-state index contributed by atoms with van der Waals surface area (Å²) < 4.78 is 0.693. The fourth-order valence-electron chi connectivity index (χ4n) is 1.52. The number of carbonyl (C=O) groups is 1. The summed E-state index contributed by atoms with van der Waals surface area (Å²) in [5.41, 5.74) is 2.10. The molecule has 86 valence electrons. The normalized spacial score (nSPS) is 10.3. The molecule has 1 heterocycles. The lowest BCUT2D eigenvalue weighted by Crippen LogP contribution is -2.05. The van der Waals surface area contributed by atoms with E-state index in [1.807, 2.05) is 13.0 Å². The lowest BCUT2D eigenvalue weighted by molar-refractivity contribution is 0.103. The number of nitrogens with zero attached hydrogens (tertiary/aromatic N) is 1. The van der Waals surface area contributed by atoms with Gasteiger partial charge in [0.1, 0.15) is 0 Å². The van der Waals surface area contributed by atoms with Crippen molar-refractivity contribution in [2.45, 2.75) is 6.92 Å². The van der Waals surface area contributed by atoms with Crippen molar-refractivity contribution in [3.63, 3.8) is 0 Å². The maximum atomic E-state index is 12.3. The highest BCUT2D eigenvalue weighted by Crippen LogP contribution is 2.24. The van der Waals surface area contributed by atoms with Crippen LogP contribution in [0.5, 0.6) is 0 Å². The third kappa shape index (κ3) is 2.56. The van der Waals surface area contributed by atoms with Gasteiger partial charge in [0.05, 0.1) is 0 Å². The lowest BCUT2D eigenvalue weighted by Gasteiger charge is -2.06. The molecule has 0 saturated carbocycles. The molecule has 0 radical (unpaired) electrons. The minimum absolute atomic E-state index is 0.0564. The van der Waals surface area contributed by atoms with Crippen LogP contribution >= 0.6 is 27.5 Å². The Bertz CT molecular complexity index is 583. The van der Waals surface area contributed by atoms with E-state index in [-0.39, 0.29) is 5.78 Å². The summed E-state index contributed by atoms with van der Waals surface area (Å²) >= 11 is 9.19. The van der Waals surface area contributed by atoms with E-state index in [9.17, 15) is 4.79 Å². The molecule has 0 aliphatic carbocycles. The summed E-state index contributed by atoms with van der Waals surface area (Å²) in [6.45, 7) is 1.89. The molecule has 0 bridgehead atoms. The Labute approximate surface area is 113 Å². The van der Waals surface area contributed by atoms with Crippen LogP contribution in [-0.4, -0.2) is 10.8 Å². The molecule has 0 unspecified atom stereocenters. The molecule has 2 aromatic rings. The first kappa shape index (κ1) is 12.3. The SMILES string of the molecule is Cc1ccncc1C(=O)c1ccc(Cl)cc1Br. The second-order valence-electron chi connectivity index (χ2n) is 3.64. The molecule has 1 aromatic carbocycles. The van der Waals surface area contributed by atoms with Crippen LogP contribution in [0.2, 0.25) is 5.02 Å². The van der Waals surface area contributed by atoms with Gasteiger partial charge in [0.2, 0.25) is 0 Å². The molecular weight excluding hydrogens is 302 g/mol. The molecule has 0 spiro atoms. The van der Waals surface area contributed by atoms with Crippen LogP contribution in [0.25, 0.3) is 0 Å². The molecule has 0 saturated heterocycles. The molecule has 1 aromatic heterocycles. The quantitative estimate of drug-likeness (QED) is 0.784. The molecule has 0 atom stereocenters. The molecule has 0 amide bonds. The van der Waals surface area contributed by atoms with Crippen LogP contribution in [0.15, 0.2) is 41.1 Å². The van der Waals surface area contributed by atoms with E-state index in [2.05, 4.69) is 20.9 Å². The van der Waals surface area contributed by atoms with Crippen molar-refractivity contribution in [1.29, 1.82) is 0 Å². The Morgan fingerprint density at radius 1 is 1.29 bits per heavy atom. The minimum atomic E-state index is -0.0564. The first-order valence-electron chi connectivity index (χ1n) is 5.00. The van der Waals surface area contributed by atoms with Crippen molar-refractivity contribution in [1.82, 2.24) is 4.98 Å². The predicted molar refractivity (Wildman–Crippen MR) is 71.6 cm³/mol. The molecule has 17 heavy (non-hydrogen) atoms. The van der Waals surface area contributed by atoms with Gasteiger partial charge in [-0.1, -0.05) is 11.6 Å². The van der Waals surface area contributed by atoms with E-state index < -0.39 is 0 Å². The van der Waals surface area contributed by atoms with Crippen molar-refractivity contribution in [2.24, 2.45) is 0 Å². The van der Waals surface area contributed by atoms with Crippen LogP contribution in [0.4, 0.5) is 0 Å². The average Bonchev–Trinajstić information content (AvgIpc) is 2.29. The van der Waals surface area contributed by atoms with Crippen LogP contribution < -0.4 is 0 Å². The molecule has 2 nitrogen and oxygen atoms in total. The molecule has 0 N–H and O–H groups in total. The summed E-state index contributed by atoms with van der Waals surface area (Å²) in [5.74, 6) is -0.0564. The highest BCUT2D eigenvalue weighted by Gasteiger charge is 2.14.